The van der Waals surface area contributed by atoms with E-state index in [9.17, 15) is 9.59 Å². The van der Waals surface area contributed by atoms with Crippen molar-refractivity contribution in [2.75, 3.05) is 18.5 Å². The Kier molecular flexibility index (Phi) is 9.14. The molecule has 2 N–H and O–H groups in total. The molecule has 0 bridgehead atoms. The third-order valence-corrected chi connectivity index (χ3v) is 6.05. The third-order valence-electron chi connectivity index (χ3n) is 5.22. The fourth-order valence-corrected chi connectivity index (χ4v) is 3.98. The molecule has 0 atom stereocenters. The minimum absolute atomic E-state index is 0.0143. The first-order valence-corrected chi connectivity index (χ1v) is 12.7. The van der Waals surface area contributed by atoms with Crippen molar-refractivity contribution in [3.05, 3.63) is 100 Å². The third kappa shape index (κ3) is 8.24. The minimum atomic E-state index is -0.352. The molecule has 10 heteroatoms. The van der Waals surface area contributed by atoms with Crippen molar-refractivity contribution in [1.82, 2.24) is 15.6 Å². The van der Waals surface area contributed by atoms with E-state index in [1.807, 2.05) is 74.5 Å². The average Bonchev–Trinajstić information content (AvgIpc) is 3.34. The van der Waals surface area contributed by atoms with E-state index in [0.29, 0.717) is 34.7 Å². The van der Waals surface area contributed by atoms with Crippen molar-refractivity contribution < 1.29 is 19.1 Å². The van der Waals surface area contributed by atoms with Crippen molar-refractivity contribution >= 4 is 34.5 Å². The molecule has 0 spiro atoms. The fourth-order valence-electron chi connectivity index (χ4n) is 3.24. The van der Waals surface area contributed by atoms with E-state index >= 15 is 0 Å². The predicted octanol–water partition coefficient (Wildman–Crippen LogP) is 4.56. The summed E-state index contributed by atoms with van der Waals surface area (Å²) in [5.41, 5.74) is 6.00. The van der Waals surface area contributed by atoms with Gasteiger partial charge in [0.05, 0.1) is 12.6 Å². The van der Waals surface area contributed by atoms with Crippen molar-refractivity contribution in [3.63, 3.8) is 0 Å². The number of anilines is 1. The molecule has 0 saturated carbocycles. The molecule has 3 aromatic carbocycles. The lowest BCUT2D eigenvalue weighted by molar-refractivity contribution is -0.120. The molecule has 38 heavy (non-hydrogen) atoms. The maximum Gasteiger partial charge on any atom is 0.257 e. The minimum Gasteiger partial charge on any atom is -0.490 e. The Morgan fingerprint density at radius 1 is 0.895 bits per heavy atom. The number of nitrogens with one attached hydrogen (secondary N) is 2. The number of aromatic nitrogens is 2. The van der Waals surface area contributed by atoms with Gasteiger partial charge in [0.2, 0.25) is 11.0 Å². The molecule has 0 aliphatic heterocycles. The highest BCUT2D eigenvalue weighted by atomic mass is 32.1. The van der Waals surface area contributed by atoms with Gasteiger partial charge in [0.25, 0.3) is 5.91 Å². The number of hydrogen-bond donors (Lipinski definition) is 2. The summed E-state index contributed by atoms with van der Waals surface area (Å²) in [5, 5.41) is 15.4. The van der Waals surface area contributed by atoms with Crippen LogP contribution in [0.3, 0.4) is 0 Å². The van der Waals surface area contributed by atoms with E-state index in [0.717, 1.165) is 28.2 Å². The van der Waals surface area contributed by atoms with Crippen molar-refractivity contribution in [1.29, 1.82) is 0 Å². The molecular weight excluding hydrogens is 502 g/mol. The molecule has 0 fully saturated rings. The van der Waals surface area contributed by atoms with E-state index in [2.05, 4.69) is 26.0 Å². The highest BCUT2D eigenvalue weighted by Crippen LogP contribution is 2.17. The van der Waals surface area contributed by atoms with Crippen LogP contribution in [0.4, 0.5) is 5.13 Å². The molecule has 0 aliphatic carbocycles. The molecule has 0 unspecified atom stereocenters. The summed E-state index contributed by atoms with van der Waals surface area (Å²) >= 11 is 1.13. The molecule has 2 amide bonds. The van der Waals surface area contributed by atoms with E-state index < -0.39 is 0 Å². The largest absolute Gasteiger partial charge is 0.490 e. The number of hydrogen-bond acceptors (Lipinski definition) is 8. The van der Waals surface area contributed by atoms with Gasteiger partial charge >= 0.3 is 0 Å². The van der Waals surface area contributed by atoms with Crippen LogP contribution < -0.4 is 20.2 Å². The number of amides is 2. The summed E-state index contributed by atoms with van der Waals surface area (Å²) in [7, 11) is 0. The Morgan fingerprint density at radius 2 is 1.58 bits per heavy atom. The SMILES string of the molecule is Cc1ccc(OCCOc2cccc(C=NNC(=O)Cc3nnc(NC(=O)c4ccc(C)cc4)s3)c2)cc1. The van der Waals surface area contributed by atoms with Gasteiger partial charge in [0, 0.05) is 5.56 Å². The molecule has 4 rings (SSSR count). The number of hydrazone groups is 1. The number of aryl methyl sites for hydroxylation is 2. The second kappa shape index (κ2) is 13.1. The average molecular weight is 530 g/mol. The molecule has 194 valence electrons. The lowest BCUT2D eigenvalue weighted by atomic mass is 10.1. The van der Waals surface area contributed by atoms with Crippen LogP contribution in [0.15, 0.2) is 77.9 Å². The Morgan fingerprint density at radius 3 is 2.32 bits per heavy atom. The van der Waals surface area contributed by atoms with Gasteiger partial charge in [-0.25, -0.2) is 5.43 Å². The van der Waals surface area contributed by atoms with Crippen LogP contribution in [-0.4, -0.2) is 41.4 Å². The first-order valence-electron chi connectivity index (χ1n) is 11.9. The summed E-state index contributed by atoms with van der Waals surface area (Å²) in [6, 6.07) is 22.4. The van der Waals surface area contributed by atoms with Crippen LogP contribution in [0.1, 0.15) is 32.1 Å². The van der Waals surface area contributed by atoms with Crippen LogP contribution in [0.25, 0.3) is 0 Å². The lowest BCUT2D eigenvalue weighted by Crippen LogP contribution is -2.19. The second-order valence-corrected chi connectivity index (χ2v) is 9.44. The summed E-state index contributed by atoms with van der Waals surface area (Å²) in [4.78, 5) is 24.6. The summed E-state index contributed by atoms with van der Waals surface area (Å²) in [6.07, 6.45) is 1.51. The Bertz CT molecular complexity index is 1400. The van der Waals surface area contributed by atoms with E-state index in [-0.39, 0.29) is 18.2 Å². The molecule has 9 nitrogen and oxygen atoms in total. The molecule has 0 radical (unpaired) electrons. The number of rotatable bonds is 11. The van der Waals surface area contributed by atoms with E-state index in [1.54, 1.807) is 12.1 Å². The molecular formula is C28H27N5O4S. The van der Waals surface area contributed by atoms with E-state index in [4.69, 9.17) is 9.47 Å². The van der Waals surface area contributed by atoms with Crippen LogP contribution >= 0.6 is 11.3 Å². The Balaban J connectivity index is 1.19. The lowest BCUT2D eigenvalue weighted by Gasteiger charge is -2.09. The summed E-state index contributed by atoms with van der Waals surface area (Å²) in [5.74, 6) is 0.829. The number of carbonyl (C=O) groups is 2. The summed E-state index contributed by atoms with van der Waals surface area (Å²) in [6.45, 7) is 4.78. The maximum atomic E-state index is 12.3. The first-order chi connectivity index (χ1) is 18.4. The molecule has 0 aliphatic rings. The van der Waals surface area contributed by atoms with Gasteiger partial charge < -0.3 is 9.47 Å². The molecule has 4 aromatic rings. The van der Waals surface area contributed by atoms with Gasteiger partial charge in [0.1, 0.15) is 29.7 Å². The monoisotopic (exact) mass is 529 g/mol. The number of nitrogens with zero attached hydrogens (tertiary/aromatic N) is 3. The van der Waals surface area contributed by atoms with Gasteiger partial charge in [-0.3, -0.25) is 14.9 Å². The Labute approximate surface area is 224 Å². The van der Waals surface area contributed by atoms with Crippen molar-refractivity contribution in [2.45, 2.75) is 20.3 Å². The van der Waals surface area contributed by atoms with Crippen LogP contribution in [0.2, 0.25) is 0 Å². The number of ether oxygens (including phenoxy) is 2. The zero-order chi connectivity index (χ0) is 26.7. The molecule has 1 aromatic heterocycles. The van der Waals surface area contributed by atoms with E-state index in [1.165, 1.54) is 11.8 Å². The van der Waals surface area contributed by atoms with Crippen molar-refractivity contribution in [3.8, 4) is 11.5 Å². The topological polar surface area (TPSA) is 115 Å². The van der Waals surface area contributed by atoms with Gasteiger partial charge in [-0.2, -0.15) is 5.10 Å². The van der Waals surface area contributed by atoms with Gasteiger partial charge in [-0.1, -0.05) is 58.9 Å². The molecule has 0 saturated heterocycles. The zero-order valence-electron chi connectivity index (χ0n) is 21.0. The van der Waals surface area contributed by atoms with Crippen molar-refractivity contribution in [2.24, 2.45) is 5.10 Å². The number of carbonyl (C=O) groups excluding carboxylic acids is 2. The Hall–Kier alpha value is -4.57. The normalized spacial score (nSPS) is 10.8. The predicted molar refractivity (Wildman–Crippen MR) is 147 cm³/mol. The van der Waals surface area contributed by atoms with Crippen LogP contribution in [0.5, 0.6) is 11.5 Å². The van der Waals surface area contributed by atoms with Crippen LogP contribution in [0, 0.1) is 13.8 Å². The first kappa shape index (κ1) is 26.5. The van der Waals surface area contributed by atoms with Gasteiger partial charge in [0.15, 0.2) is 0 Å². The molecule has 1 heterocycles. The quantitative estimate of drug-likeness (QED) is 0.167. The standard InChI is InChI=1S/C28H27N5O4S/c1-19-6-10-22(11-7-19)27(35)30-28-33-32-26(38-28)17-25(34)31-29-18-21-4-3-5-24(16-21)37-15-14-36-23-12-8-20(2)9-13-23/h3-13,16,18H,14-15,17H2,1-2H3,(H,31,34)(H,30,33,35). The van der Waals surface area contributed by atoms with Crippen LogP contribution in [-0.2, 0) is 11.2 Å². The van der Waals surface area contributed by atoms with Gasteiger partial charge in [-0.15, -0.1) is 10.2 Å². The summed E-state index contributed by atoms with van der Waals surface area (Å²) < 4.78 is 11.4. The smallest absolute Gasteiger partial charge is 0.257 e. The second-order valence-electron chi connectivity index (χ2n) is 8.37. The number of benzene rings is 3. The maximum absolute atomic E-state index is 12.3. The highest BCUT2D eigenvalue weighted by Gasteiger charge is 2.12. The highest BCUT2D eigenvalue weighted by molar-refractivity contribution is 7.15. The fraction of sp³-hybridized carbons (Fsp3) is 0.179. The zero-order valence-corrected chi connectivity index (χ0v) is 21.8. The van der Waals surface area contributed by atoms with Gasteiger partial charge in [-0.05, 0) is 55.8 Å².